The van der Waals surface area contributed by atoms with Crippen molar-refractivity contribution < 1.29 is 9.53 Å². The molecule has 0 atom stereocenters. The highest BCUT2D eigenvalue weighted by Gasteiger charge is 2.23. The van der Waals surface area contributed by atoms with Crippen LogP contribution in [0.2, 0.25) is 0 Å². The standard InChI is InChI=1S/C19H23NO2S/c1-22-16-14-17(15-10-6-5-7-11-15)23-18(16)19(21)20-12-8-3-2-4-9-13-20/h5-7,10-11,14H,2-4,8-9,12-13H2,1H3. The molecule has 1 aliphatic heterocycles. The average molecular weight is 329 g/mol. The van der Waals surface area contributed by atoms with E-state index < -0.39 is 0 Å². The van der Waals surface area contributed by atoms with Crippen LogP contribution in [-0.2, 0) is 0 Å². The predicted molar refractivity (Wildman–Crippen MR) is 95.3 cm³/mol. The lowest BCUT2D eigenvalue weighted by Gasteiger charge is -2.24. The third-order valence-corrected chi connectivity index (χ3v) is 5.47. The van der Waals surface area contributed by atoms with E-state index in [4.69, 9.17) is 4.74 Å². The highest BCUT2D eigenvalue weighted by Crippen LogP contribution is 2.37. The Morgan fingerprint density at radius 3 is 2.35 bits per heavy atom. The molecule has 0 radical (unpaired) electrons. The van der Waals surface area contributed by atoms with Crippen LogP contribution in [0.25, 0.3) is 10.4 Å². The molecule has 0 unspecified atom stereocenters. The van der Waals surface area contributed by atoms with Gasteiger partial charge in [-0.2, -0.15) is 0 Å². The van der Waals surface area contributed by atoms with Crippen molar-refractivity contribution in [3.05, 3.63) is 41.3 Å². The van der Waals surface area contributed by atoms with Crippen LogP contribution in [-0.4, -0.2) is 31.0 Å². The lowest BCUT2D eigenvalue weighted by molar-refractivity contribution is 0.0744. The first-order valence-electron chi connectivity index (χ1n) is 8.32. The summed E-state index contributed by atoms with van der Waals surface area (Å²) in [6, 6.07) is 12.1. The first-order valence-corrected chi connectivity index (χ1v) is 9.14. The van der Waals surface area contributed by atoms with Crippen molar-refractivity contribution in [3.63, 3.8) is 0 Å². The number of carbonyl (C=O) groups excluding carboxylic acids is 1. The number of methoxy groups -OCH3 is 1. The van der Waals surface area contributed by atoms with E-state index in [0.29, 0.717) is 5.75 Å². The second-order valence-electron chi connectivity index (χ2n) is 5.93. The van der Waals surface area contributed by atoms with Crippen LogP contribution in [0.1, 0.15) is 41.8 Å². The van der Waals surface area contributed by atoms with Gasteiger partial charge < -0.3 is 9.64 Å². The molecule has 0 aliphatic carbocycles. The van der Waals surface area contributed by atoms with E-state index in [1.54, 1.807) is 7.11 Å². The Bertz CT molecular complexity index is 643. The van der Waals surface area contributed by atoms with Gasteiger partial charge in [0.25, 0.3) is 5.91 Å². The molecule has 3 rings (SSSR count). The van der Waals surface area contributed by atoms with Crippen LogP contribution >= 0.6 is 11.3 Å². The normalized spacial score (nSPS) is 15.8. The summed E-state index contributed by atoms with van der Waals surface area (Å²) in [6.07, 6.45) is 5.94. The van der Waals surface area contributed by atoms with E-state index in [2.05, 4.69) is 12.1 Å². The Hall–Kier alpha value is -1.81. The number of rotatable bonds is 3. The second-order valence-corrected chi connectivity index (χ2v) is 6.99. The van der Waals surface area contributed by atoms with E-state index in [9.17, 15) is 4.79 Å². The van der Waals surface area contributed by atoms with E-state index in [0.717, 1.165) is 41.2 Å². The maximum Gasteiger partial charge on any atom is 0.267 e. The van der Waals surface area contributed by atoms with E-state index >= 15 is 0 Å². The summed E-state index contributed by atoms with van der Waals surface area (Å²) in [6.45, 7) is 1.72. The van der Waals surface area contributed by atoms with E-state index in [1.165, 1.54) is 30.6 Å². The molecule has 1 aromatic heterocycles. The molecule has 1 aliphatic rings. The monoisotopic (exact) mass is 329 g/mol. The van der Waals surface area contributed by atoms with Crippen molar-refractivity contribution in [1.29, 1.82) is 0 Å². The summed E-state index contributed by atoms with van der Waals surface area (Å²) in [4.78, 5) is 16.8. The topological polar surface area (TPSA) is 29.5 Å². The van der Waals surface area contributed by atoms with Gasteiger partial charge in [-0.15, -0.1) is 11.3 Å². The van der Waals surface area contributed by atoms with Crippen molar-refractivity contribution in [2.45, 2.75) is 32.1 Å². The summed E-state index contributed by atoms with van der Waals surface area (Å²) in [5.41, 5.74) is 1.13. The minimum Gasteiger partial charge on any atom is -0.495 e. The minimum absolute atomic E-state index is 0.121. The fourth-order valence-electron chi connectivity index (χ4n) is 3.01. The Morgan fingerprint density at radius 2 is 1.70 bits per heavy atom. The van der Waals surface area contributed by atoms with Crippen LogP contribution in [0, 0.1) is 0 Å². The van der Waals surface area contributed by atoms with Crippen LogP contribution < -0.4 is 4.74 Å². The van der Waals surface area contributed by atoms with Crippen LogP contribution in [0.4, 0.5) is 0 Å². The molecule has 0 saturated carbocycles. The van der Waals surface area contributed by atoms with Gasteiger partial charge in [-0.25, -0.2) is 0 Å². The fraction of sp³-hybridized carbons (Fsp3) is 0.421. The van der Waals surface area contributed by atoms with Crippen molar-refractivity contribution in [3.8, 4) is 16.2 Å². The second kappa shape index (κ2) is 7.64. The van der Waals surface area contributed by atoms with Crippen LogP contribution in [0.5, 0.6) is 5.75 Å². The molecule has 0 N–H and O–H groups in total. The van der Waals surface area contributed by atoms with Crippen molar-refractivity contribution in [1.82, 2.24) is 4.90 Å². The third kappa shape index (κ3) is 3.75. The molecular formula is C19H23NO2S. The highest BCUT2D eigenvalue weighted by atomic mass is 32.1. The lowest BCUT2D eigenvalue weighted by atomic mass is 10.1. The molecule has 0 bridgehead atoms. The molecule has 122 valence electrons. The molecule has 2 aromatic rings. The molecule has 1 fully saturated rings. The largest absolute Gasteiger partial charge is 0.495 e. The Balaban J connectivity index is 1.86. The average Bonchev–Trinajstić information content (AvgIpc) is 2.99. The summed E-state index contributed by atoms with van der Waals surface area (Å²) >= 11 is 1.53. The van der Waals surface area contributed by atoms with Gasteiger partial charge in [0.1, 0.15) is 10.6 Å². The predicted octanol–water partition coefficient (Wildman–Crippen LogP) is 4.83. The SMILES string of the molecule is COc1cc(-c2ccccc2)sc1C(=O)N1CCCCCCC1. The first kappa shape index (κ1) is 16.1. The molecule has 2 heterocycles. The number of amides is 1. The molecule has 1 aromatic carbocycles. The Morgan fingerprint density at radius 1 is 1.04 bits per heavy atom. The van der Waals surface area contributed by atoms with Crippen molar-refractivity contribution in [2.24, 2.45) is 0 Å². The zero-order chi connectivity index (χ0) is 16.1. The molecule has 4 heteroatoms. The number of hydrogen-bond acceptors (Lipinski definition) is 3. The number of ether oxygens (including phenoxy) is 1. The zero-order valence-electron chi connectivity index (χ0n) is 13.6. The number of nitrogens with zero attached hydrogens (tertiary/aromatic N) is 1. The summed E-state index contributed by atoms with van der Waals surface area (Å²) < 4.78 is 5.48. The number of benzene rings is 1. The molecule has 1 saturated heterocycles. The van der Waals surface area contributed by atoms with Crippen LogP contribution in [0.15, 0.2) is 36.4 Å². The van der Waals surface area contributed by atoms with E-state index in [1.807, 2.05) is 29.2 Å². The Kier molecular flexibility index (Phi) is 5.34. The molecule has 23 heavy (non-hydrogen) atoms. The molecule has 3 nitrogen and oxygen atoms in total. The first-order chi connectivity index (χ1) is 11.3. The lowest BCUT2D eigenvalue weighted by Crippen LogP contribution is -2.33. The van der Waals surface area contributed by atoms with Gasteiger partial charge in [-0.05, 0) is 24.5 Å². The van der Waals surface area contributed by atoms with Gasteiger partial charge in [-0.1, -0.05) is 49.6 Å². The quantitative estimate of drug-likeness (QED) is 0.807. The molecule has 1 amide bonds. The Labute approximate surface area is 141 Å². The van der Waals surface area contributed by atoms with Crippen LogP contribution in [0.3, 0.4) is 0 Å². The summed E-state index contributed by atoms with van der Waals surface area (Å²) in [7, 11) is 1.64. The number of thiophene rings is 1. The van der Waals surface area contributed by atoms with Gasteiger partial charge in [0.2, 0.25) is 0 Å². The smallest absolute Gasteiger partial charge is 0.267 e. The van der Waals surface area contributed by atoms with Crippen molar-refractivity contribution >= 4 is 17.2 Å². The fourth-order valence-corrected chi connectivity index (χ4v) is 4.11. The van der Waals surface area contributed by atoms with Gasteiger partial charge in [-0.3, -0.25) is 4.79 Å². The van der Waals surface area contributed by atoms with Gasteiger partial charge in [0, 0.05) is 18.0 Å². The maximum atomic E-state index is 12.9. The molecular weight excluding hydrogens is 306 g/mol. The van der Waals surface area contributed by atoms with Gasteiger partial charge in [0.05, 0.1) is 7.11 Å². The summed E-state index contributed by atoms with van der Waals surface area (Å²) in [5.74, 6) is 0.817. The molecule has 0 spiro atoms. The number of carbonyl (C=O) groups is 1. The van der Waals surface area contributed by atoms with Crippen molar-refractivity contribution in [2.75, 3.05) is 20.2 Å². The highest BCUT2D eigenvalue weighted by molar-refractivity contribution is 7.17. The van der Waals surface area contributed by atoms with E-state index in [-0.39, 0.29) is 5.91 Å². The zero-order valence-corrected chi connectivity index (χ0v) is 14.4. The maximum absolute atomic E-state index is 12.9. The number of likely N-dealkylation sites (tertiary alicyclic amines) is 1. The third-order valence-electron chi connectivity index (χ3n) is 4.31. The summed E-state index contributed by atoms with van der Waals surface area (Å²) in [5, 5.41) is 0. The number of hydrogen-bond donors (Lipinski definition) is 0. The van der Waals surface area contributed by atoms with Gasteiger partial charge in [0.15, 0.2) is 0 Å². The van der Waals surface area contributed by atoms with Gasteiger partial charge >= 0.3 is 0 Å². The minimum atomic E-state index is 0.121.